The Morgan fingerprint density at radius 1 is 1.30 bits per heavy atom. The van der Waals surface area contributed by atoms with Gasteiger partial charge in [0.25, 0.3) is 5.82 Å². The molecule has 104 valence electrons. The molecule has 1 aromatic carbocycles. The molecule has 0 spiro atoms. The van der Waals surface area contributed by atoms with E-state index in [2.05, 4.69) is 5.32 Å². The maximum absolute atomic E-state index is 13.7. The average molecular weight is 280 g/mol. The van der Waals surface area contributed by atoms with E-state index in [0.29, 0.717) is 16.4 Å². The maximum Gasteiger partial charge on any atom is 0.340 e. The van der Waals surface area contributed by atoms with Crippen LogP contribution >= 0.6 is 0 Å². The van der Waals surface area contributed by atoms with Crippen LogP contribution < -0.4 is 10.0 Å². The molecule has 0 radical (unpaired) electrons. The van der Waals surface area contributed by atoms with Crippen molar-refractivity contribution in [2.24, 2.45) is 0 Å². The van der Waals surface area contributed by atoms with Crippen LogP contribution in [-0.4, -0.2) is 11.1 Å². The summed E-state index contributed by atoms with van der Waals surface area (Å²) in [6.45, 7) is 1.68. The number of anilines is 2. The Kier molecular flexibility index (Phi) is 3.51. The second-order valence-corrected chi connectivity index (χ2v) is 4.13. The van der Waals surface area contributed by atoms with Crippen LogP contribution in [0.2, 0.25) is 0 Å². The highest BCUT2D eigenvalue weighted by Crippen LogP contribution is 2.25. The molecule has 0 aliphatic carbocycles. The molecule has 0 saturated heterocycles. The predicted octanol–water partition coefficient (Wildman–Crippen LogP) is 2.35. The Hall–Kier alpha value is -2.70. The molecule has 2 aromatic rings. The monoisotopic (exact) mass is 280 g/mol. The van der Waals surface area contributed by atoms with Crippen molar-refractivity contribution >= 4 is 17.5 Å². The Morgan fingerprint density at radius 3 is 2.60 bits per heavy atom. The molecule has 2 rings (SSSR count). The number of nitrogens with zero attached hydrogens (tertiary/aromatic N) is 1. The van der Waals surface area contributed by atoms with Gasteiger partial charge in [0.2, 0.25) is 5.82 Å². The molecular formula is C13H10F2N2O3. The molecule has 1 heterocycles. The van der Waals surface area contributed by atoms with Gasteiger partial charge in [0.1, 0.15) is 5.56 Å². The Balaban J connectivity index is 2.52. The number of hydrogen-bond acceptors (Lipinski definition) is 3. The van der Waals surface area contributed by atoms with Gasteiger partial charge in [-0.3, -0.25) is 0 Å². The van der Waals surface area contributed by atoms with Gasteiger partial charge in [0.05, 0.1) is 6.20 Å². The number of benzene rings is 1. The lowest BCUT2D eigenvalue weighted by atomic mass is 10.1. The van der Waals surface area contributed by atoms with E-state index in [0.717, 1.165) is 6.07 Å². The molecule has 0 bridgehead atoms. The minimum atomic E-state index is -1.43. The van der Waals surface area contributed by atoms with Gasteiger partial charge >= 0.3 is 5.97 Å². The highest BCUT2D eigenvalue weighted by Gasteiger charge is 2.23. The summed E-state index contributed by atoms with van der Waals surface area (Å²) in [6.07, 6.45) is 1.22. The van der Waals surface area contributed by atoms with Gasteiger partial charge in [0, 0.05) is 6.07 Å². The molecule has 0 unspecified atom stereocenters. The van der Waals surface area contributed by atoms with E-state index < -0.39 is 28.9 Å². The van der Waals surface area contributed by atoms with E-state index in [1.807, 2.05) is 0 Å². The molecule has 0 saturated carbocycles. The number of hydrogen-bond donors (Lipinski definition) is 2. The zero-order valence-corrected chi connectivity index (χ0v) is 10.4. The number of carboxylic acid groups (broad SMARTS) is 1. The standard InChI is InChI=1S/C13H10F2N2O3/c1-7-2-5-10(17(20)6-7)16-12-8(13(18)19)3-4-9(14)11(12)15/h2-6,16H,1H3,(H,18,19). The minimum Gasteiger partial charge on any atom is -0.711 e. The van der Waals surface area contributed by atoms with Gasteiger partial charge in [-0.2, -0.15) is 4.39 Å². The van der Waals surface area contributed by atoms with Crippen molar-refractivity contribution in [3.63, 3.8) is 0 Å². The number of halogens is 2. The van der Waals surface area contributed by atoms with Crippen molar-refractivity contribution in [1.82, 2.24) is 0 Å². The zero-order valence-electron chi connectivity index (χ0n) is 10.4. The number of carboxylic acids is 1. The van der Waals surface area contributed by atoms with Gasteiger partial charge in [-0.25, -0.2) is 19.2 Å². The summed E-state index contributed by atoms with van der Waals surface area (Å²) < 4.78 is 27.3. The fourth-order valence-electron chi connectivity index (χ4n) is 1.66. The third-order valence-corrected chi connectivity index (χ3v) is 2.64. The largest absolute Gasteiger partial charge is 0.711 e. The Labute approximate surface area is 112 Å². The first-order valence-electron chi connectivity index (χ1n) is 5.58. The Morgan fingerprint density at radius 2 is 2.00 bits per heavy atom. The van der Waals surface area contributed by atoms with Crippen molar-refractivity contribution in [2.75, 3.05) is 5.32 Å². The average Bonchev–Trinajstić information content (AvgIpc) is 2.37. The lowest BCUT2D eigenvalue weighted by molar-refractivity contribution is -0.590. The summed E-state index contributed by atoms with van der Waals surface area (Å²) >= 11 is 0. The van der Waals surface area contributed by atoms with E-state index >= 15 is 0 Å². The normalized spacial score (nSPS) is 10.3. The summed E-state index contributed by atoms with van der Waals surface area (Å²) in [5.74, 6) is -4.11. The van der Waals surface area contributed by atoms with Gasteiger partial charge < -0.3 is 10.3 Å². The molecule has 5 nitrogen and oxygen atoms in total. The first kappa shape index (κ1) is 13.7. The van der Waals surface area contributed by atoms with Crippen molar-refractivity contribution < 1.29 is 23.4 Å². The van der Waals surface area contributed by atoms with Crippen molar-refractivity contribution in [1.29, 1.82) is 0 Å². The summed E-state index contributed by atoms with van der Waals surface area (Å²) in [6, 6.07) is 4.56. The number of nitrogens with one attached hydrogen (secondary N) is 1. The third-order valence-electron chi connectivity index (χ3n) is 2.64. The second kappa shape index (κ2) is 5.12. The number of carbonyl (C=O) groups is 1. The van der Waals surface area contributed by atoms with Crippen LogP contribution in [0.15, 0.2) is 30.5 Å². The molecular weight excluding hydrogens is 270 g/mol. The fraction of sp³-hybridized carbons (Fsp3) is 0.0769. The summed E-state index contributed by atoms with van der Waals surface area (Å²) in [7, 11) is 0. The number of rotatable bonds is 3. The van der Waals surface area contributed by atoms with E-state index in [-0.39, 0.29) is 5.82 Å². The van der Waals surface area contributed by atoms with Crippen LogP contribution in [-0.2, 0) is 0 Å². The summed E-state index contributed by atoms with van der Waals surface area (Å²) in [4.78, 5) is 11.0. The van der Waals surface area contributed by atoms with Crippen molar-refractivity contribution in [3.05, 3.63) is 58.4 Å². The topological polar surface area (TPSA) is 76.3 Å². The van der Waals surface area contributed by atoms with Crippen LogP contribution in [0.1, 0.15) is 15.9 Å². The molecule has 0 fully saturated rings. The Bertz CT molecular complexity index is 690. The molecule has 20 heavy (non-hydrogen) atoms. The summed E-state index contributed by atoms with van der Waals surface area (Å²) in [5.41, 5.74) is -0.390. The molecule has 0 aliphatic heterocycles. The number of aromatic nitrogens is 1. The van der Waals surface area contributed by atoms with Crippen molar-refractivity contribution in [3.8, 4) is 0 Å². The minimum absolute atomic E-state index is 0.109. The number of pyridine rings is 1. The lowest BCUT2D eigenvalue weighted by Crippen LogP contribution is -2.30. The van der Waals surface area contributed by atoms with Crippen LogP contribution in [0, 0.1) is 23.8 Å². The molecule has 2 N–H and O–H groups in total. The predicted molar refractivity (Wildman–Crippen MR) is 66.7 cm³/mol. The second-order valence-electron chi connectivity index (χ2n) is 4.13. The number of aryl methyl sites for hydroxylation is 1. The molecule has 0 atom stereocenters. The lowest BCUT2D eigenvalue weighted by Gasteiger charge is -2.11. The molecule has 0 aliphatic rings. The van der Waals surface area contributed by atoms with Crippen LogP contribution in [0.5, 0.6) is 0 Å². The molecule has 1 aromatic heterocycles. The van der Waals surface area contributed by atoms with Crippen LogP contribution in [0.4, 0.5) is 20.3 Å². The summed E-state index contributed by atoms with van der Waals surface area (Å²) in [5, 5.41) is 22.9. The highest BCUT2D eigenvalue weighted by atomic mass is 19.2. The molecule has 0 amide bonds. The van der Waals surface area contributed by atoms with E-state index in [1.165, 1.54) is 12.3 Å². The van der Waals surface area contributed by atoms with E-state index in [1.54, 1.807) is 13.0 Å². The van der Waals surface area contributed by atoms with E-state index in [9.17, 15) is 18.8 Å². The van der Waals surface area contributed by atoms with Crippen molar-refractivity contribution in [2.45, 2.75) is 6.92 Å². The smallest absolute Gasteiger partial charge is 0.340 e. The van der Waals surface area contributed by atoms with Crippen LogP contribution in [0.25, 0.3) is 0 Å². The van der Waals surface area contributed by atoms with Gasteiger partial charge in [-0.1, -0.05) is 0 Å². The molecule has 7 heteroatoms. The quantitative estimate of drug-likeness (QED) is 0.668. The number of aromatic carboxylic acids is 1. The van der Waals surface area contributed by atoms with Crippen LogP contribution in [0.3, 0.4) is 0 Å². The zero-order chi connectivity index (χ0) is 14.9. The third kappa shape index (κ3) is 2.51. The van der Waals surface area contributed by atoms with Gasteiger partial charge in [-0.15, -0.1) is 0 Å². The SMILES string of the molecule is Cc1ccc(Nc2c(C(=O)O)ccc(F)c2F)[n+]([O-])c1. The van der Waals surface area contributed by atoms with E-state index in [4.69, 9.17) is 5.11 Å². The first-order valence-corrected chi connectivity index (χ1v) is 5.58. The first-order chi connectivity index (χ1) is 9.40. The fourth-order valence-corrected chi connectivity index (χ4v) is 1.66. The van der Waals surface area contributed by atoms with Gasteiger partial charge in [-0.05, 0) is 30.7 Å². The van der Waals surface area contributed by atoms with Gasteiger partial charge in [0.15, 0.2) is 11.5 Å². The maximum atomic E-state index is 13.7. The highest BCUT2D eigenvalue weighted by molar-refractivity contribution is 5.95.